The first kappa shape index (κ1) is 32.9. The number of anilines is 1. The molecule has 3 aromatic carbocycles. The van der Waals surface area contributed by atoms with Gasteiger partial charge in [0.25, 0.3) is 10.0 Å². The molecule has 0 spiro atoms. The van der Waals surface area contributed by atoms with Crippen molar-refractivity contribution in [3.8, 4) is 5.75 Å². The van der Waals surface area contributed by atoms with Crippen molar-refractivity contribution >= 4 is 39.1 Å². The third-order valence-corrected chi connectivity index (χ3v) is 8.95. The number of halogens is 1. The first-order chi connectivity index (χ1) is 19.7. The topological polar surface area (TPSA) is 96.0 Å². The van der Waals surface area contributed by atoms with Crippen LogP contribution in [0.3, 0.4) is 0 Å². The predicted molar refractivity (Wildman–Crippen MR) is 167 cm³/mol. The van der Waals surface area contributed by atoms with Crippen LogP contribution in [-0.4, -0.2) is 50.4 Å². The van der Waals surface area contributed by atoms with E-state index in [-0.39, 0.29) is 23.0 Å². The van der Waals surface area contributed by atoms with Gasteiger partial charge in [0.2, 0.25) is 11.8 Å². The maximum absolute atomic E-state index is 14.3. The molecule has 0 heterocycles. The van der Waals surface area contributed by atoms with Crippen LogP contribution >= 0.6 is 11.6 Å². The molecule has 0 aromatic heterocycles. The van der Waals surface area contributed by atoms with Gasteiger partial charge in [-0.3, -0.25) is 13.9 Å². The molecular weight excluding hydrogens is 574 g/mol. The van der Waals surface area contributed by atoms with Crippen LogP contribution in [0.15, 0.2) is 71.6 Å². The van der Waals surface area contributed by atoms with E-state index in [1.54, 1.807) is 62.6 Å². The van der Waals surface area contributed by atoms with Crippen LogP contribution in [0.25, 0.3) is 0 Å². The Kier molecular flexibility index (Phi) is 10.7. The van der Waals surface area contributed by atoms with E-state index in [4.69, 9.17) is 16.3 Å². The third kappa shape index (κ3) is 8.04. The lowest BCUT2D eigenvalue weighted by Crippen LogP contribution is -2.55. The number of aryl methyl sites for hydroxylation is 1. The van der Waals surface area contributed by atoms with Gasteiger partial charge in [-0.1, -0.05) is 54.4 Å². The van der Waals surface area contributed by atoms with Gasteiger partial charge in [0, 0.05) is 17.1 Å². The standard InChI is InChI=1S/C32H40ClN3O5S/c1-8-28(31(38)34-32(4,5)6)35(20-24-11-9-12-25(19-24)41-7)30(37)21-36(29-14-10-13-27(33)23(29)3)42(39,40)26-17-15-22(2)16-18-26/h9-19,28H,8,20-21H2,1-7H3,(H,34,38)/t28-/m1/s1. The first-order valence-electron chi connectivity index (χ1n) is 13.8. The lowest BCUT2D eigenvalue weighted by atomic mass is 10.1. The fraction of sp³-hybridized carbons (Fsp3) is 0.375. The maximum Gasteiger partial charge on any atom is 0.264 e. The maximum atomic E-state index is 14.3. The van der Waals surface area contributed by atoms with Gasteiger partial charge in [-0.15, -0.1) is 0 Å². The molecule has 1 N–H and O–H groups in total. The van der Waals surface area contributed by atoms with E-state index in [9.17, 15) is 18.0 Å². The lowest BCUT2D eigenvalue weighted by Gasteiger charge is -2.35. The Balaban J connectivity index is 2.12. The van der Waals surface area contributed by atoms with Gasteiger partial charge in [0.15, 0.2) is 0 Å². The number of ether oxygens (including phenoxy) is 1. The molecule has 0 fully saturated rings. The highest BCUT2D eigenvalue weighted by molar-refractivity contribution is 7.92. The lowest BCUT2D eigenvalue weighted by molar-refractivity contribution is -0.141. The van der Waals surface area contributed by atoms with Crippen molar-refractivity contribution in [2.24, 2.45) is 0 Å². The summed E-state index contributed by atoms with van der Waals surface area (Å²) in [5.41, 5.74) is 1.89. The van der Waals surface area contributed by atoms with E-state index in [1.165, 1.54) is 17.0 Å². The van der Waals surface area contributed by atoms with Crippen LogP contribution in [0.5, 0.6) is 5.75 Å². The molecule has 0 radical (unpaired) electrons. The summed E-state index contributed by atoms with van der Waals surface area (Å²) in [6.45, 7) is 10.5. The molecule has 0 bridgehead atoms. The molecule has 1 atom stereocenters. The average Bonchev–Trinajstić information content (AvgIpc) is 2.92. The number of hydrogen-bond acceptors (Lipinski definition) is 5. The van der Waals surface area contributed by atoms with Crippen molar-refractivity contribution in [3.05, 3.63) is 88.4 Å². The molecule has 0 aliphatic carbocycles. The summed E-state index contributed by atoms with van der Waals surface area (Å²) >= 11 is 6.40. The number of hydrogen-bond donors (Lipinski definition) is 1. The van der Waals surface area contributed by atoms with Crippen molar-refractivity contribution in [1.29, 1.82) is 0 Å². The predicted octanol–water partition coefficient (Wildman–Crippen LogP) is 5.88. The van der Waals surface area contributed by atoms with Crippen LogP contribution in [0.4, 0.5) is 5.69 Å². The summed E-state index contributed by atoms with van der Waals surface area (Å²) in [5.74, 6) is -0.262. The second-order valence-corrected chi connectivity index (χ2v) is 13.5. The molecule has 0 aliphatic heterocycles. The average molecular weight is 614 g/mol. The summed E-state index contributed by atoms with van der Waals surface area (Å²) < 4.78 is 34.6. The van der Waals surface area contributed by atoms with Crippen LogP contribution < -0.4 is 14.4 Å². The molecule has 0 unspecified atom stereocenters. The Morgan fingerprint density at radius 3 is 2.24 bits per heavy atom. The van der Waals surface area contributed by atoms with Crippen LogP contribution in [-0.2, 0) is 26.2 Å². The zero-order valence-corrected chi connectivity index (χ0v) is 26.8. The zero-order valence-electron chi connectivity index (χ0n) is 25.3. The monoisotopic (exact) mass is 613 g/mol. The van der Waals surface area contributed by atoms with Gasteiger partial charge in [0.1, 0.15) is 18.3 Å². The highest BCUT2D eigenvalue weighted by atomic mass is 35.5. The Morgan fingerprint density at radius 2 is 1.64 bits per heavy atom. The zero-order chi connectivity index (χ0) is 31.2. The Bertz CT molecular complexity index is 1520. The Hall–Kier alpha value is -3.56. The first-order valence-corrected chi connectivity index (χ1v) is 15.6. The molecule has 10 heteroatoms. The molecule has 0 saturated carbocycles. The van der Waals surface area contributed by atoms with Gasteiger partial charge in [0.05, 0.1) is 17.7 Å². The largest absolute Gasteiger partial charge is 0.497 e. The molecule has 8 nitrogen and oxygen atoms in total. The molecule has 0 saturated heterocycles. The number of amides is 2. The quantitative estimate of drug-likeness (QED) is 0.291. The fourth-order valence-electron chi connectivity index (χ4n) is 4.56. The van der Waals surface area contributed by atoms with Crippen LogP contribution in [0, 0.1) is 13.8 Å². The van der Waals surface area contributed by atoms with Gasteiger partial charge >= 0.3 is 0 Å². The molecular formula is C32H40ClN3O5S. The minimum absolute atomic E-state index is 0.0390. The number of rotatable bonds is 11. The summed E-state index contributed by atoms with van der Waals surface area (Å²) in [6, 6.07) is 17.7. The minimum Gasteiger partial charge on any atom is -0.497 e. The Morgan fingerprint density at radius 1 is 1.00 bits per heavy atom. The second-order valence-electron chi connectivity index (χ2n) is 11.2. The van der Waals surface area contributed by atoms with Gasteiger partial charge < -0.3 is 15.0 Å². The summed E-state index contributed by atoms with van der Waals surface area (Å²) in [6.07, 6.45) is 0.318. The molecule has 42 heavy (non-hydrogen) atoms. The molecule has 3 rings (SSSR count). The number of nitrogens with zero attached hydrogens (tertiary/aromatic N) is 2. The Labute approximate surface area is 254 Å². The summed E-state index contributed by atoms with van der Waals surface area (Å²) in [4.78, 5) is 29.2. The van der Waals surface area contributed by atoms with Crippen LogP contribution in [0.2, 0.25) is 5.02 Å². The number of benzene rings is 3. The van der Waals surface area contributed by atoms with E-state index in [0.717, 1.165) is 15.4 Å². The van der Waals surface area contributed by atoms with E-state index in [0.29, 0.717) is 22.8 Å². The van der Waals surface area contributed by atoms with Gasteiger partial charge in [-0.05, 0) is 88.6 Å². The molecule has 0 aliphatic rings. The minimum atomic E-state index is -4.20. The van der Waals surface area contributed by atoms with Gasteiger partial charge in [-0.2, -0.15) is 0 Å². The normalized spacial score (nSPS) is 12.4. The van der Waals surface area contributed by atoms with Crippen molar-refractivity contribution in [2.75, 3.05) is 18.0 Å². The number of sulfonamides is 1. The van der Waals surface area contributed by atoms with Crippen molar-refractivity contribution in [2.45, 2.75) is 71.0 Å². The van der Waals surface area contributed by atoms with Crippen molar-refractivity contribution in [3.63, 3.8) is 0 Å². The summed E-state index contributed by atoms with van der Waals surface area (Å²) in [5, 5.41) is 3.34. The molecule has 2 amide bonds. The SMILES string of the molecule is CC[C@H](C(=O)NC(C)(C)C)N(Cc1cccc(OC)c1)C(=O)CN(c1cccc(Cl)c1C)S(=O)(=O)c1ccc(C)cc1. The molecule has 3 aromatic rings. The van der Waals surface area contributed by atoms with Crippen molar-refractivity contribution < 1.29 is 22.7 Å². The number of carbonyl (C=O) groups excluding carboxylic acids is 2. The fourth-order valence-corrected chi connectivity index (χ4v) is 6.20. The molecule has 226 valence electrons. The number of methoxy groups -OCH3 is 1. The highest BCUT2D eigenvalue weighted by Gasteiger charge is 2.35. The van der Waals surface area contributed by atoms with Crippen LogP contribution in [0.1, 0.15) is 50.8 Å². The van der Waals surface area contributed by atoms with E-state index < -0.39 is 34.1 Å². The van der Waals surface area contributed by atoms with E-state index >= 15 is 0 Å². The summed E-state index contributed by atoms with van der Waals surface area (Å²) in [7, 11) is -2.65. The number of carbonyl (C=O) groups is 2. The smallest absolute Gasteiger partial charge is 0.264 e. The van der Waals surface area contributed by atoms with E-state index in [1.807, 2.05) is 40.7 Å². The highest BCUT2D eigenvalue weighted by Crippen LogP contribution is 2.31. The van der Waals surface area contributed by atoms with Crippen molar-refractivity contribution in [1.82, 2.24) is 10.2 Å². The van der Waals surface area contributed by atoms with Gasteiger partial charge in [-0.25, -0.2) is 8.42 Å². The third-order valence-electron chi connectivity index (χ3n) is 6.77. The number of nitrogens with one attached hydrogen (secondary N) is 1. The second kappa shape index (κ2) is 13.6. The van der Waals surface area contributed by atoms with E-state index in [2.05, 4.69) is 5.32 Å².